The lowest BCUT2D eigenvalue weighted by Gasteiger charge is -2.12. The number of benzene rings is 2. The Kier molecular flexibility index (Phi) is 9.85. The Morgan fingerprint density at radius 2 is 1.71 bits per heavy atom. The highest BCUT2D eigenvalue weighted by Gasteiger charge is 2.11. The third-order valence-electron chi connectivity index (χ3n) is 4.89. The molecule has 0 spiro atoms. The van der Waals surface area contributed by atoms with Crippen LogP contribution in [0.5, 0.6) is 11.5 Å². The molecule has 2 amide bonds. The first kappa shape index (κ1) is 24.7. The Balaban J connectivity index is 1.78. The van der Waals surface area contributed by atoms with Crippen LogP contribution < -0.4 is 20.3 Å². The molecule has 0 fully saturated rings. The maximum atomic E-state index is 12.3. The van der Waals surface area contributed by atoms with Crippen LogP contribution >= 0.6 is 15.9 Å². The van der Waals surface area contributed by atoms with E-state index < -0.39 is 11.8 Å². The van der Waals surface area contributed by atoms with E-state index in [9.17, 15) is 9.59 Å². The lowest BCUT2D eigenvalue weighted by Crippen LogP contribution is -2.43. The minimum Gasteiger partial charge on any atom is -0.492 e. The van der Waals surface area contributed by atoms with Gasteiger partial charge in [-0.05, 0) is 76.5 Å². The SMILES string of the molecule is CCC(C)c1ccc(OCC(=O)NNC(=O)c2ccc(OCCC(C)C)c(Br)c2)cc1. The van der Waals surface area contributed by atoms with Crippen LogP contribution in [-0.4, -0.2) is 25.0 Å². The summed E-state index contributed by atoms with van der Waals surface area (Å²) < 4.78 is 11.9. The standard InChI is InChI=1S/C24H31BrN2O4/c1-5-17(4)18-6-9-20(10-7-18)31-15-23(28)26-27-24(29)19-8-11-22(21(25)14-19)30-13-12-16(2)3/h6-11,14,16-17H,5,12-13,15H2,1-4H3,(H,26,28)(H,27,29). The third kappa shape index (κ3) is 8.25. The fraction of sp³-hybridized carbons (Fsp3) is 0.417. The van der Waals surface area contributed by atoms with Gasteiger partial charge in [-0.2, -0.15) is 0 Å². The van der Waals surface area contributed by atoms with E-state index in [1.807, 2.05) is 24.3 Å². The summed E-state index contributed by atoms with van der Waals surface area (Å²) in [6, 6.07) is 12.7. The minimum atomic E-state index is -0.452. The largest absolute Gasteiger partial charge is 0.492 e. The summed E-state index contributed by atoms with van der Waals surface area (Å²) in [5, 5.41) is 0. The van der Waals surface area contributed by atoms with Crippen molar-refractivity contribution in [2.75, 3.05) is 13.2 Å². The van der Waals surface area contributed by atoms with E-state index in [2.05, 4.69) is 54.5 Å². The molecule has 0 saturated heterocycles. The number of hydrogen-bond acceptors (Lipinski definition) is 4. The minimum absolute atomic E-state index is 0.199. The van der Waals surface area contributed by atoms with Crippen LogP contribution in [0.2, 0.25) is 0 Å². The molecule has 7 heteroatoms. The molecule has 0 radical (unpaired) electrons. The maximum absolute atomic E-state index is 12.3. The number of halogens is 1. The van der Waals surface area contributed by atoms with Crippen LogP contribution in [0.3, 0.4) is 0 Å². The fourth-order valence-corrected chi connectivity index (χ4v) is 3.17. The summed E-state index contributed by atoms with van der Waals surface area (Å²) in [6.45, 7) is 8.98. The molecule has 31 heavy (non-hydrogen) atoms. The molecule has 0 bridgehead atoms. The van der Waals surface area contributed by atoms with Crippen molar-refractivity contribution >= 4 is 27.7 Å². The summed E-state index contributed by atoms with van der Waals surface area (Å²) in [5.41, 5.74) is 6.38. The van der Waals surface area contributed by atoms with Gasteiger partial charge >= 0.3 is 0 Å². The highest BCUT2D eigenvalue weighted by atomic mass is 79.9. The highest BCUT2D eigenvalue weighted by molar-refractivity contribution is 9.10. The van der Waals surface area contributed by atoms with Crippen LogP contribution in [0.15, 0.2) is 46.9 Å². The zero-order valence-corrected chi connectivity index (χ0v) is 20.1. The number of carbonyl (C=O) groups excluding carboxylic acids is 2. The van der Waals surface area contributed by atoms with Gasteiger partial charge in [0.2, 0.25) is 0 Å². The summed E-state index contributed by atoms with van der Waals surface area (Å²) in [4.78, 5) is 24.3. The quantitative estimate of drug-likeness (QED) is 0.447. The van der Waals surface area contributed by atoms with Gasteiger partial charge in [0.25, 0.3) is 11.8 Å². The summed E-state index contributed by atoms with van der Waals surface area (Å²) in [5.74, 6) is 1.43. The van der Waals surface area contributed by atoms with E-state index in [1.54, 1.807) is 18.2 Å². The number of hydrogen-bond donors (Lipinski definition) is 2. The predicted octanol–water partition coefficient (Wildman–Crippen LogP) is 5.23. The molecule has 0 aliphatic heterocycles. The fourth-order valence-electron chi connectivity index (χ4n) is 2.68. The van der Waals surface area contributed by atoms with Crippen LogP contribution in [0, 0.1) is 5.92 Å². The van der Waals surface area contributed by atoms with Gasteiger partial charge in [-0.25, -0.2) is 0 Å². The molecule has 0 aliphatic carbocycles. The number of carbonyl (C=O) groups is 2. The Hall–Kier alpha value is -2.54. The zero-order chi connectivity index (χ0) is 22.8. The monoisotopic (exact) mass is 490 g/mol. The second-order valence-corrected chi connectivity index (χ2v) is 8.70. The predicted molar refractivity (Wildman–Crippen MR) is 125 cm³/mol. The number of nitrogens with one attached hydrogen (secondary N) is 2. The van der Waals surface area contributed by atoms with E-state index in [1.165, 1.54) is 5.56 Å². The molecular weight excluding hydrogens is 460 g/mol. The molecule has 0 aromatic heterocycles. The molecule has 2 aromatic rings. The number of ether oxygens (including phenoxy) is 2. The van der Waals surface area contributed by atoms with Gasteiger partial charge in [-0.3, -0.25) is 20.4 Å². The van der Waals surface area contributed by atoms with Crippen molar-refractivity contribution in [2.45, 2.75) is 46.5 Å². The van der Waals surface area contributed by atoms with E-state index in [0.717, 1.165) is 12.8 Å². The van der Waals surface area contributed by atoms with Gasteiger partial charge in [-0.1, -0.05) is 39.8 Å². The second-order valence-electron chi connectivity index (χ2n) is 7.85. The first-order chi connectivity index (χ1) is 14.8. The molecular formula is C24H31BrN2O4. The Morgan fingerprint density at radius 1 is 1.00 bits per heavy atom. The van der Waals surface area contributed by atoms with E-state index in [-0.39, 0.29) is 6.61 Å². The van der Waals surface area contributed by atoms with Gasteiger partial charge in [-0.15, -0.1) is 0 Å². The molecule has 2 rings (SSSR count). The lowest BCUT2D eigenvalue weighted by atomic mass is 9.99. The lowest BCUT2D eigenvalue weighted by molar-refractivity contribution is -0.123. The van der Waals surface area contributed by atoms with Crippen LogP contribution in [0.1, 0.15) is 62.4 Å². The van der Waals surface area contributed by atoms with Gasteiger partial charge in [0, 0.05) is 5.56 Å². The van der Waals surface area contributed by atoms with E-state index >= 15 is 0 Å². The van der Waals surface area contributed by atoms with Crippen molar-refractivity contribution in [3.63, 3.8) is 0 Å². The highest BCUT2D eigenvalue weighted by Crippen LogP contribution is 2.26. The molecule has 1 unspecified atom stereocenters. The van der Waals surface area contributed by atoms with Gasteiger partial charge < -0.3 is 9.47 Å². The molecule has 1 atom stereocenters. The Morgan fingerprint density at radius 3 is 2.32 bits per heavy atom. The molecule has 168 valence electrons. The smallest absolute Gasteiger partial charge is 0.276 e. The Bertz CT molecular complexity index is 868. The van der Waals surface area contributed by atoms with Crippen molar-refractivity contribution < 1.29 is 19.1 Å². The van der Waals surface area contributed by atoms with Crippen LogP contribution in [0.25, 0.3) is 0 Å². The summed E-state index contributed by atoms with van der Waals surface area (Å²) in [7, 11) is 0. The van der Waals surface area contributed by atoms with Gasteiger partial charge in [0.15, 0.2) is 6.61 Å². The van der Waals surface area contributed by atoms with Crippen molar-refractivity contribution in [3.05, 3.63) is 58.1 Å². The molecule has 0 heterocycles. The average molecular weight is 491 g/mol. The first-order valence-corrected chi connectivity index (χ1v) is 11.3. The van der Waals surface area contributed by atoms with Crippen LogP contribution in [-0.2, 0) is 4.79 Å². The molecule has 2 N–H and O–H groups in total. The van der Waals surface area contributed by atoms with E-state index in [0.29, 0.717) is 40.0 Å². The summed E-state index contributed by atoms with van der Waals surface area (Å²) >= 11 is 3.42. The number of rotatable bonds is 10. The van der Waals surface area contributed by atoms with Crippen molar-refractivity contribution in [1.29, 1.82) is 0 Å². The van der Waals surface area contributed by atoms with Crippen molar-refractivity contribution in [1.82, 2.24) is 10.9 Å². The molecule has 2 aromatic carbocycles. The molecule has 0 aliphatic rings. The van der Waals surface area contributed by atoms with Crippen molar-refractivity contribution in [2.24, 2.45) is 5.92 Å². The van der Waals surface area contributed by atoms with Gasteiger partial charge in [0.05, 0.1) is 11.1 Å². The number of hydrazine groups is 1. The number of amides is 2. The van der Waals surface area contributed by atoms with Gasteiger partial charge in [0.1, 0.15) is 11.5 Å². The Labute approximate surface area is 192 Å². The topological polar surface area (TPSA) is 76.7 Å². The normalized spacial score (nSPS) is 11.7. The van der Waals surface area contributed by atoms with Crippen LogP contribution in [0.4, 0.5) is 0 Å². The zero-order valence-electron chi connectivity index (χ0n) is 18.5. The maximum Gasteiger partial charge on any atom is 0.276 e. The van der Waals surface area contributed by atoms with Crippen molar-refractivity contribution in [3.8, 4) is 11.5 Å². The first-order valence-electron chi connectivity index (χ1n) is 10.5. The molecule has 0 saturated carbocycles. The third-order valence-corrected chi connectivity index (χ3v) is 5.51. The summed E-state index contributed by atoms with van der Waals surface area (Å²) in [6.07, 6.45) is 2.01. The second kappa shape index (κ2) is 12.3. The average Bonchev–Trinajstić information content (AvgIpc) is 2.76. The molecule has 6 nitrogen and oxygen atoms in total. The van der Waals surface area contributed by atoms with E-state index in [4.69, 9.17) is 9.47 Å².